The lowest BCUT2D eigenvalue weighted by Gasteiger charge is -2.22. The standard InChI is InChI=1S/C20H23N3O2/c1-3-16-6-4-5-14(2)19(16)23-13-17(11-18(23)24)20(25)22-12-15-7-9-21-10-8-15/h4-10,17H,3,11-13H2,1-2H3,(H,22,25). The van der Waals surface area contributed by atoms with E-state index in [0.717, 1.165) is 28.8 Å². The van der Waals surface area contributed by atoms with E-state index in [1.807, 2.05) is 37.3 Å². The van der Waals surface area contributed by atoms with Crippen molar-refractivity contribution in [3.8, 4) is 0 Å². The fourth-order valence-corrected chi connectivity index (χ4v) is 3.32. The van der Waals surface area contributed by atoms with E-state index < -0.39 is 0 Å². The minimum absolute atomic E-state index is 0.0214. The molecule has 1 aromatic carbocycles. The predicted octanol–water partition coefficient (Wildman–Crippen LogP) is 2.62. The molecule has 2 amide bonds. The molecule has 2 heterocycles. The Morgan fingerprint density at radius 2 is 2.04 bits per heavy atom. The molecule has 0 bridgehead atoms. The van der Waals surface area contributed by atoms with Crippen LogP contribution in [-0.2, 0) is 22.6 Å². The topological polar surface area (TPSA) is 62.3 Å². The number of rotatable bonds is 5. The van der Waals surface area contributed by atoms with Crippen LogP contribution in [0.15, 0.2) is 42.7 Å². The van der Waals surface area contributed by atoms with Gasteiger partial charge in [-0.15, -0.1) is 0 Å². The zero-order chi connectivity index (χ0) is 17.8. The Labute approximate surface area is 148 Å². The number of nitrogens with zero attached hydrogens (tertiary/aromatic N) is 2. The zero-order valence-electron chi connectivity index (χ0n) is 14.7. The number of benzene rings is 1. The van der Waals surface area contributed by atoms with Crippen LogP contribution in [0.2, 0.25) is 0 Å². The van der Waals surface area contributed by atoms with E-state index in [-0.39, 0.29) is 24.2 Å². The molecular weight excluding hydrogens is 314 g/mol. The van der Waals surface area contributed by atoms with Crippen molar-refractivity contribution in [3.05, 3.63) is 59.4 Å². The molecule has 5 heteroatoms. The average Bonchev–Trinajstić information content (AvgIpc) is 3.01. The van der Waals surface area contributed by atoms with E-state index in [4.69, 9.17) is 0 Å². The van der Waals surface area contributed by atoms with E-state index in [9.17, 15) is 9.59 Å². The van der Waals surface area contributed by atoms with Crippen LogP contribution in [0, 0.1) is 12.8 Å². The fourth-order valence-electron chi connectivity index (χ4n) is 3.32. The van der Waals surface area contributed by atoms with Gasteiger partial charge in [0.1, 0.15) is 0 Å². The molecule has 1 aliphatic rings. The molecule has 5 nitrogen and oxygen atoms in total. The first-order valence-electron chi connectivity index (χ1n) is 8.65. The van der Waals surface area contributed by atoms with Crippen LogP contribution in [0.5, 0.6) is 0 Å². The van der Waals surface area contributed by atoms with Crippen molar-refractivity contribution in [2.24, 2.45) is 5.92 Å². The summed E-state index contributed by atoms with van der Waals surface area (Å²) in [5, 5.41) is 2.93. The van der Waals surface area contributed by atoms with Crippen LogP contribution in [0.25, 0.3) is 0 Å². The highest BCUT2D eigenvalue weighted by Gasteiger charge is 2.36. The van der Waals surface area contributed by atoms with Gasteiger partial charge >= 0.3 is 0 Å². The first-order chi connectivity index (χ1) is 12.1. The quantitative estimate of drug-likeness (QED) is 0.912. The third-order valence-electron chi connectivity index (χ3n) is 4.68. The lowest BCUT2D eigenvalue weighted by molar-refractivity contribution is -0.126. The van der Waals surface area contributed by atoms with Crippen molar-refractivity contribution in [3.63, 3.8) is 0 Å². The van der Waals surface area contributed by atoms with Crippen molar-refractivity contribution in [2.75, 3.05) is 11.4 Å². The Bertz CT molecular complexity index is 774. The van der Waals surface area contributed by atoms with Gasteiger partial charge in [-0.3, -0.25) is 14.6 Å². The third kappa shape index (κ3) is 3.71. The summed E-state index contributed by atoms with van der Waals surface area (Å²) in [6.07, 6.45) is 4.53. The highest BCUT2D eigenvalue weighted by Crippen LogP contribution is 2.31. The van der Waals surface area contributed by atoms with Crippen LogP contribution < -0.4 is 10.2 Å². The Hall–Kier alpha value is -2.69. The first-order valence-corrected chi connectivity index (χ1v) is 8.65. The Morgan fingerprint density at radius 3 is 2.76 bits per heavy atom. The van der Waals surface area contributed by atoms with Crippen LogP contribution >= 0.6 is 0 Å². The lowest BCUT2D eigenvalue weighted by atomic mass is 10.0. The zero-order valence-corrected chi connectivity index (χ0v) is 14.7. The number of aryl methyl sites for hydroxylation is 2. The Morgan fingerprint density at radius 1 is 1.28 bits per heavy atom. The summed E-state index contributed by atoms with van der Waals surface area (Å²) < 4.78 is 0. The third-order valence-corrected chi connectivity index (χ3v) is 4.68. The first kappa shape index (κ1) is 17.1. The molecule has 2 aromatic rings. The number of pyridine rings is 1. The van der Waals surface area contributed by atoms with Gasteiger partial charge in [0.2, 0.25) is 11.8 Å². The summed E-state index contributed by atoms with van der Waals surface area (Å²) in [7, 11) is 0. The fraction of sp³-hybridized carbons (Fsp3) is 0.350. The van der Waals surface area contributed by atoms with Crippen molar-refractivity contribution in [1.29, 1.82) is 0 Å². The second-order valence-electron chi connectivity index (χ2n) is 6.41. The van der Waals surface area contributed by atoms with Gasteiger partial charge in [0, 0.05) is 37.6 Å². The number of hydrogen-bond acceptors (Lipinski definition) is 3. The number of nitrogens with one attached hydrogen (secondary N) is 1. The molecule has 0 aliphatic carbocycles. The SMILES string of the molecule is CCc1cccc(C)c1N1CC(C(=O)NCc2ccncc2)CC1=O. The molecule has 1 aromatic heterocycles. The smallest absolute Gasteiger partial charge is 0.227 e. The van der Waals surface area contributed by atoms with Gasteiger partial charge < -0.3 is 10.2 Å². The molecule has 1 saturated heterocycles. The molecule has 0 saturated carbocycles. The van der Waals surface area contributed by atoms with E-state index in [1.165, 1.54) is 0 Å². The summed E-state index contributed by atoms with van der Waals surface area (Å²) in [4.78, 5) is 30.7. The Balaban J connectivity index is 1.69. The van der Waals surface area contributed by atoms with Crippen molar-refractivity contribution < 1.29 is 9.59 Å². The molecule has 130 valence electrons. The molecule has 1 fully saturated rings. The predicted molar refractivity (Wildman–Crippen MR) is 97.1 cm³/mol. The molecule has 25 heavy (non-hydrogen) atoms. The number of para-hydroxylation sites is 1. The molecule has 1 unspecified atom stereocenters. The van der Waals surface area contributed by atoms with Gasteiger partial charge in [-0.1, -0.05) is 25.1 Å². The van der Waals surface area contributed by atoms with Gasteiger partial charge in [0.15, 0.2) is 0 Å². The molecule has 3 rings (SSSR count). The molecule has 0 radical (unpaired) electrons. The highest BCUT2D eigenvalue weighted by atomic mass is 16.2. The summed E-state index contributed by atoms with van der Waals surface area (Å²) in [6.45, 7) is 4.99. The number of carbonyl (C=O) groups excluding carboxylic acids is 2. The molecule has 1 N–H and O–H groups in total. The number of amides is 2. The van der Waals surface area contributed by atoms with E-state index in [0.29, 0.717) is 13.1 Å². The van der Waals surface area contributed by atoms with E-state index in [1.54, 1.807) is 17.3 Å². The number of hydrogen-bond donors (Lipinski definition) is 1. The van der Waals surface area contributed by atoms with E-state index in [2.05, 4.69) is 17.2 Å². The van der Waals surface area contributed by atoms with Gasteiger partial charge in [-0.05, 0) is 42.2 Å². The van der Waals surface area contributed by atoms with Crippen molar-refractivity contribution in [1.82, 2.24) is 10.3 Å². The summed E-state index contributed by atoms with van der Waals surface area (Å²) >= 11 is 0. The van der Waals surface area contributed by atoms with Crippen LogP contribution in [-0.4, -0.2) is 23.3 Å². The van der Waals surface area contributed by atoms with Crippen LogP contribution in [0.4, 0.5) is 5.69 Å². The molecule has 1 aliphatic heterocycles. The molecular formula is C20H23N3O2. The number of carbonyl (C=O) groups is 2. The van der Waals surface area contributed by atoms with Gasteiger partial charge in [-0.2, -0.15) is 0 Å². The maximum atomic E-state index is 12.5. The second kappa shape index (κ2) is 7.47. The monoisotopic (exact) mass is 337 g/mol. The molecule has 1 atom stereocenters. The summed E-state index contributed by atoms with van der Waals surface area (Å²) in [5.41, 5.74) is 4.19. The maximum absolute atomic E-state index is 12.5. The lowest BCUT2D eigenvalue weighted by Crippen LogP contribution is -2.33. The average molecular weight is 337 g/mol. The van der Waals surface area contributed by atoms with Gasteiger partial charge in [0.05, 0.1) is 5.92 Å². The normalized spacial score (nSPS) is 17.0. The molecule has 0 spiro atoms. The minimum atomic E-state index is -0.307. The number of anilines is 1. The number of aromatic nitrogens is 1. The second-order valence-corrected chi connectivity index (χ2v) is 6.41. The summed E-state index contributed by atoms with van der Waals surface area (Å²) in [5.74, 6) is -0.356. The van der Waals surface area contributed by atoms with Crippen molar-refractivity contribution >= 4 is 17.5 Å². The van der Waals surface area contributed by atoms with Crippen LogP contribution in [0.3, 0.4) is 0 Å². The minimum Gasteiger partial charge on any atom is -0.352 e. The highest BCUT2D eigenvalue weighted by molar-refractivity contribution is 6.01. The van der Waals surface area contributed by atoms with Crippen LogP contribution in [0.1, 0.15) is 30.0 Å². The van der Waals surface area contributed by atoms with Gasteiger partial charge in [0.25, 0.3) is 0 Å². The Kier molecular flexibility index (Phi) is 5.12. The van der Waals surface area contributed by atoms with E-state index >= 15 is 0 Å². The van der Waals surface area contributed by atoms with Gasteiger partial charge in [-0.25, -0.2) is 0 Å². The summed E-state index contributed by atoms with van der Waals surface area (Å²) in [6, 6.07) is 9.81. The maximum Gasteiger partial charge on any atom is 0.227 e. The largest absolute Gasteiger partial charge is 0.352 e. The van der Waals surface area contributed by atoms with Crippen molar-refractivity contribution in [2.45, 2.75) is 33.2 Å².